The number of hydrogen-bond acceptors (Lipinski definition) is 9. The minimum atomic E-state index is -1.54. The van der Waals surface area contributed by atoms with Gasteiger partial charge in [-0.05, 0) is 188 Å². The molecule has 5 N–H and O–H groups in total. The lowest BCUT2D eigenvalue weighted by molar-refractivity contribution is -0.710. The minimum absolute atomic E-state index is 0.0418. The molecule has 8 aliphatic carbocycles. The van der Waals surface area contributed by atoms with Gasteiger partial charge in [0.05, 0.1) is 23.9 Å². The minimum Gasteiger partial charge on any atom is -0.479 e. The number of Topliss-reactive ketones (excluding diaryl/α,β-unsaturated/α-hetero) is 2. The second-order valence-electron chi connectivity index (χ2n) is 27.5. The molecule has 73 heavy (non-hydrogen) atoms. The Bertz CT molecular complexity index is 2210. The zero-order chi connectivity index (χ0) is 52.6. The summed E-state index contributed by atoms with van der Waals surface area (Å²) in [6.07, 6.45) is 25.7. The third-order valence-corrected chi connectivity index (χ3v) is 23.7. The van der Waals surface area contributed by atoms with Gasteiger partial charge in [0.15, 0.2) is 5.60 Å². The number of hydrogen-bond donors (Lipinski definition) is 4. The molecule has 0 aromatic carbocycles. The molecule has 0 radical (unpaired) electrons. The first kappa shape index (κ1) is 55.0. The Morgan fingerprint density at radius 2 is 1.41 bits per heavy atom. The highest BCUT2D eigenvalue weighted by molar-refractivity contribution is 5.83. The number of carboxylic acids is 1. The molecule has 4 aliphatic heterocycles. The van der Waals surface area contributed by atoms with Gasteiger partial charge in [0.2, 0.25) is 0 Å². The molecule has 20 atom stereocenters. The molecule has 12 aliphatic rings. The normalized spacial score (nSPS) is 47.0. The van der Waals surface area contributed by atoms with Gasteiger partial charge in [0.25, 0.3) is 0 Å². The molecular weight excluding hydrogens is 917 g/mol. The number of nitrogens with two attached hydrogens (primary N) is 1. The highest BCUT2D eigenvalue weighted by Crippen LogP contribution is 2.66. The van der Waals surface area contributed by atoms with E-state index in [9.17, 15) is 14.4 Å². The van der Waals surface area contributed by atoms with E-state index in [0.717, 1.165) is 98.8 Å². The van der Waals surface area contributed by atoms with Crippen molar-refractivity contribution in [2.24, 2.45) is 75.9 Å². The van der Waals surface area contributed by atoms with Crippen LogP contribution in [0.1, 0.15) is 198 Å². The molecule has 12 rings (SSSR count). The number of rotatable bonds is 2. The third-order valence-electron chi connectivity index (χ3n) is 23.7. The van der Waals surface area contributed by atoms with E-state index >= 15 is 0 Å². The Labute approximate surface area is 438 Å². The monoisotopic (exact) mass is 1010 g/mol. The van der Waals surface area contributed by atoms with E-state index < -0.39 is 11.6 Å². The highest BCUT2D eigenvalue weighted by atomic mass is 16.5. The molecule has 9 fully saturated rings. The first-order chi connectivity index (χ1) is 34.5. The van der Waals surface area contributed by atoms with Gasteiger partial charge in [-0.15, -0.1) is 0 Å². The van der Waals surface area contributed by atoms with Crippen LogP contribution < -0.4 is 10.6 Å². The van der Waals surface area contributed by atoms with Crippen LogP contribution in [0.5, 0.6) is 0 Å². The van der Waals surface area contributed by atoms with Gasteiger partial charge in [-0.25, -0.2) is 4.79 Å². The molecule has 2 spiro atoms. The lowest BCUT2D eigenvalue weighted by Crippen LogP contribution is -2.96. The van der Waals surface area contributed by atoms with Crippen LogP contribution in [-0.2, 0) is 33.4 Å². The molecule has 5 saturated carbocycles. The van der Waals surface area contributed by atoms with E-state index in [0.29, 0.717) is 59.0 Å². The SMILES string of the molecule is CC1=C2C[C@H]3[C@@H](CC=C4CC(=O)CC[C@@]43C)[C@@H]2CC[C@@]2(C1)O[C@@H]1C[C@H](C)CN[C@H]1[C@H]2C.CC1=C2C[C@H]3[C@@H](CC[C@@H]4CC(=O)CC[C@@]43C)[C@@H]2CC[C@@]2(C1)O[C@@H]1C[C@H](C)C[NH2+][C@H]1[C@H]2C.CCC(C)(O)C(=O)O.O=C=O. The summed E-state index contributed by atoms with van der Waals surface area (Å²) in [6.45, 7) is 25.0. The van der Waals surface area contributed by atoms with Crippen LogP contribution in [0.3, 0.4) is 0 Å². The van der Waals surface area contributed by atoms with Gasteiger partial charge in [-0.1, -0.05) is 82.4 Å². The number of ether oxygens (including phenoxy) is 2. The van der Waals surface area contributed by atoms with E-state index in [2.05, 4.69) is 72.1 Å². The second kappa shape index (κ2) is 20.9. The zero-order valence-electron chi connectivity index (χ0n) is 46.6. The average molecular weight is 1010 g/mol. The molecule has 0 aromatic heterocycles. The van der Waals surface area contributed by atoms with Gasteiger partial charge < -0.3 is 30.3 Å². The molecule has 11 nitrogen and oxygen atoms in total. The number of aliphatic hydroxyl groups is 1. The van der Waals surface area contributed by atoms with Crippen LogP contribution >= 0.6 is 0 Å². The van der Waals surface area contributed by atoms with E-state index in [4.69, 9.17) is 29.3 Å². The Balaban J connectivity index is 0.000000150. The van der Waals surface area contributed by atoms with Crippen molar-refractivity contribution in [3.8, 4) is 0 Å². The van der Waals surface area contributed by atoms with Crippen molar-refractivity contribution in [1.82, 2.24) is 5.32 Å². The van der Waals surface area contributed by atoms with Crippen LogP contribution in [0.4, 0.5) is 0 Å². The molecule has 0 bridgehead atoms. The number of piperidine rings is 2. The predicted octanol–water partition coefficient (Wildman–Crippen LogP) is 9.90. The number of carboxylic acid groups (broad SMARTS) is 1. The van der Waals surface area contributed by atoms with Crippen molar-refractivity contribution in [3.63, 3.8) is 0 Å². The molecule has 4 heterocycles. The summed E-state index contributed by atoms with van der Waals surface area (Å²) >= 11 is 0. The first-order valence-corrected chi connectivity index (χ1v) is 29.5. The number of nitrogens with one attached hydrogen (secondary N) is 1. The summed E-state index contributed by atoms with van der Waals surface area (Å²) in [5.74, 6) is 7.98. The first-order valence-electron chi connectivity index (χ1n) is 29.5. The van der Waals surface area contributed by atoms with Crippen molar-refractivity contribution >= 4 is 23.7 Å². The fourth-order valence-electron chi connectivity index (χ4n) is 19.0. The summed E-state index contributed by atoms with van der Waals surface area (Å²) in [6, 6.07) is 1.22. The van der Waals surface area contributed by atoms with Crippen LogP contribution in [0.2, 0.25) is 0 Å². The van der Waals surface area contributed by atoms with E-state index in [1.165, 1.54) is 96.1 Å². The Morgan fingerprint density at radius 1 is 0.808 bits per heavy atom. The van der Waals surface area contributed by atoms with Gasteiger partial charge in [-0.2, -0.15) is 9.59 Å². The highest BCUT2D eigenvalue weighted by Gasteiger charge is 2.62. The van der Waals surface area contributed by atoms with Crippen molar-refractivity contribution < 1.29 is 49.0 Å². The number of aliphatic carboxylic acids is 1. The van der Waals surface area contributed by atoms with Crippen molar-refractivity contribution in [2.45, 2.75) is 239 Å². The van der Waals surface area contributed by atoms with Crippen LogP contribution in [0.15, 0.2) is 33.9 Å². The van der Waals surface area contributed by atoms with Crippen LogP contribution in [-0.4, -0.2) is 88.1 Å². The van der Waals surface area contributed by atoms with E-state index in [-0.39, 0.29) is 29.2 Å². The summed E-state index contributed by atoms with van der Waals surface area (Å²) in [5.41, 5.74) is 7.68. The molecule has 0 amide bonds. The van der Waals surface area contributed by atoms with Crippen molar-refractivity contribution in [2.75, 3.05) is 13.1 Å². The average Bonchev–Trinajstić information content (AvgIpc) is 4.02. The Morgan fingerprint density at radius 3 is 2.05 bits per heavy atom. The van der Waals surface area contributed by atoms with Crippen molar-refractivity contribution in [3.05, 3.63) is 33.9 Å². The topological polar surface area (TPSA) is 173 Å². The maximum absolute atomic E-state index is 12.2. The predicted molar refractivity (Wildman–Crippen MR) is 280 cm³/mol. The summed E-state index contributed by atoms with van der Waals surface area (Å²) in [7, 11) is 0. The summed E-state index contributed by atoms with van der Waals surface area (Å²) < 4.78 is 14.0. The number of carbonyl (C=O) groups excluding carboxylic acids is 4. The Kier molecular flexibility index (Phi) is 15.7. The maximum atomic E-state index is 12.2. The van der Waals surface area contributed by atoms with Crippen LogP contribution in [0.25, 0.3) is 0 Å². The maximum Gasteiger partial charge on any atom is 0.373 e. The molecule has 0 aromatic rings. The number of carbonyl (C=O) groups is 3. The fraction of sp³-hybridized carbons (Fsp3) is 0.839. The van der Waals surface area contributed by atoms with Crippen molar-refractivity contribution in [1.29, 1.82) is 0 Å². The molecule has 4 saturated heterocycles. The van der Waals surface area contributed by atoms with E-state index in [1.54, 1.807) is 23.6 Å². The van der Waals surface area contributed by atoms with E-state index in [1.807, 2.05) is 5.57 Å². The van der Waals surface area contributed by atoms with Gasteiger partial charge in [-0.3, -0.25) is 9.59 Å². The number of quaternary nitrogens is 1. The second-order valence-corrected chi connectivity index (χ2v) is 27.5. The van der Waals surface area contributed by atoms with Gasteiger partial charge in [0.1, 0.15) is 23.7 Å². The number of fused-ring (bicyclic) bond motifs is 12. The lowest BCUT2D eigenvalue weighted by Gasteiger charge is -2.52. The number of allylic oxidation sites excluding steroid dienone is 4. The lowest BCUT2D eigenvalue weighted by atomic mass is 9.52. The summed E-state index contributed by atoms with van der Waals surface area (Å²) in [4.78, 5) is 50.6. The number of ketones is 2. The van der Waals surface area contributed by atoms with Crippen LogP contribution in [0, 0.1) is 75.9 Å². The van der Waals surface area contributed by atoms with Gasteiger partial charge in [0, 0.05) is 49.5 Å². The molecule has 406 valence electrons. The largest absolute Gasteiger partial charge is 0.479 e. The molecule has 11 heteroatoms. The standard InChI is InChI=1S/C28H43NO2.C28H41NO2.C5H10O3.CO2/c2*1-16-11-25-26(29-15-16)18(3)28(31-25)10-8-21-22-6-5-19-12-20(30)7-9-27(19,4)24(22)13-23(21)17(2)14-28;1-3-5(2,8)4(6)7;2-1-3/h16,18-19,21-22,24-26,29H,5-15H2,1-4H3;5,16,18,21-22,24-26,29H,6-15H2,1-4H3;8H,3H2,1-2H3,(H,6,7);/p+1/t16-,18+,19+,21-,22-,24-,25+,26-,27-,28-;16-,18+,21-,22-,24-,25+,26-,27-,28-;;/m00../s1. The third kappa shape index (κ3) is 9.84. The molecule has 1 unspecified atom stereocenters. The van der Waals surface area contributed by atoms with Gasteiger partial charge >= 0.3 is 12.1 Å². The smallest absolute Gasteiger partial charge is 0.373 e. The quantitative estimate of drug-likeness (QED) is 0.195. The Hall–Kier alpha value is -2.79. The summed E-state index contributed by atoms with van der Waals surface area (Å²) in [5, 5.41) is 23.5. The molecular formula is C62H95N2O9+. The fourth-order valence-corrected chi connectivity index (χ4v) is 19.0. The zero-order valence-corrected chi connectivity index (χ0v) is 46.6.